The Kier molecular flexibility index (Phi) is 3.58. The molecule has 2 N–H and O–H groups in total. The zero-order valence-electron chi connectivity index (χ0n) is 16.7. The second kappa shape index (κ2) is 6.14. The number of para-hydroxylation sites is 1. The van der Waals surface area contributed by atoms with Crippen molar-refractivity contribution in [2.45, 2.75) is 18.8 Å². The number of hydrogen-bond donors (Lipinski definition) is 2. The molecule has 8 nitrogen and oxygen atoms in total. The fraction of sp³-hybridized carbons (Fsp3) is 0.182. The van der Waals surface area contributed by atoms with Crippen LogP contribution in [-0.2, 0) is 15.0 Å². The fourth-order valence-electron chi connectivity index (χ4n) is 4.52. The molecular weight excluding hydrogens is 414 g/mol. The molecule has 1 unspecified atom stereocenters. The number of carbonyl (C=O) groups excluding carboxylic acids is 2. The van der Waals surface area contributed by atoms with Gasteiger partial charge in [0.05, 0.1) is 23.5 Å². The SMILES string of the molecule is COc1ccc2nc(-n3ncc4c3NC(=O)CC43C(=O)Nc4c(C)cccc43)sc2c1. The summed E-state index contributed by atoms with van der Waals surface area (Å²) in [6.45, 7) is 1.95. The number of rotatable bonds is 2. The Morgan fingerprint density at radius 1 is 1.16 bits per heavy atom. The van der Waals surface area contributed by atoms with E-state index < -0.39 is 5.41 Å². The minimum absolute atomic E-state index is 0.0328. The Hall–Kier alpha value is -3.72. The molecule has 2 aliphatic rings. The molecule has 0 radical (unpaired) electrons. The lowest BCUT2D eigenvalue weighted by atomic mass is 9.71. The van der Waals surface area contributed by atoms with Gasteiger partial charge in [-0.25, -0.2) is 4.98 Å². The Bertz CT molecular complexity index is 1420. The largest absolute Gasteiger partial charge is 0.497 e. The number of thiazole rings is 1. The van der Waals surface area contributed by atoms with Crippen LogP contribution in [0.2, 0.25) is 0 Å². The van der Waals surface area contributed by atoms with Crippen LogP contribution in [0.25, 0.3) is 15.3 Å². The molecule has 0 saturated carbocycles. The van der Waals surface area contributed by atoms with Crippen molar-refractivity contribution >= 4 is 44.9 Å². The smallest absolute Gasteiger partial charge is 0.240 e. The summed E-state index contributed by atoms with van der Waals surface area (Å²) in [5, 5.41) is 11.0. The van der Waals surface area contributed by atoms with Gasteiger partial charge in [0, 0.05) is 17.7 Å². The van der Waals surface area contributed by atoms with E-state index in [0.29, 0.717) is 16.5 Å². The van der Waals surface area contributed by atoms with Crippen LogP contribution in [0, 0.1) is 6.92 Å². The third-order valence-corrected chi connectivity index (χ3v) is 7.03. The number of nitrogens with zero attached hydrogens (tertiary/aromatic N) is 3. The molecular formula is C22H17N5O3S. The van der Waals surface area contributed by atoms with Crippen LogP contribution in [0.15, 0.2) is 42.6 Å². The first-order valence-corrected chi connectivity index (χ1v) is 10.6. The first kappa shape index (κ1) is 18.1. The third kappa shape index (κ3) is 2.35. The maximum absolute atomic E-state index is 13.3. The number of methoxy groups -OCH3 is 1. The van der Waals surface area contributed by atoms with Gasteiger partial charge in [0.2, 0.25) is 16.9 Å². The lowest BCUT2D eigenvalue weighted by Gasteiger charge is -2.31. The number of anilines is 2. The Labute approximate surface area is 180 Å². The summed E-state index contributed by atoms with van der Waals surface area (Å²) in [6.07, 6.45) is 1.70. The molecule has 4 aromatic rings. The van der Waals surface area contributed by atoms with Gasteiger partial charge in [-0.3, -0.25) is 9.59 Å². The van der Waals surface area contributed by atoms with E-state index in [0.717, 1.165) is 32.8 Å². The second-order valence-corrected chi connectivity index (χ2v) is 8.74. The molecule has 2 aromatic heterocycles. The van der Waals surface area contributed by atoms with Crippen molar-refractivity contribution in [3.05, 3.63) is 59.3 Å². The van der Waals surface area contributed by atoms with Crippen molar-refractivity contribution in [3.8, 4) is 10.9 Å². The highest BCUT2D eigenvalue weighted by molar-refractivity contribution is 7.20. The van der Waals surface area contributed by atoms with E-state index in [4.69, 9.17) is 4.74 Å². The van der Waals surface area contributed by atoms with Gasteiger partial charge in [-0.2, -0.15) is 9.78 Å². The molecule has 154 valence electrons. The highest BCUT2D eigenvalue weighted by Crippen LogP contribution is 2.51. The van der Waals surface area contributed by atoms with Crippen LogP contribution in [-0.4, -0.2) is 33.7 Å². The summed E-state index contributed by atoms with van der Waals surface area (Å²) >= 11 is 1.44. The minimum Gasteiger partial charge on any atom is -0.497 e. The van der Waals surface area contributed by atoms with Crippen molar-refractivity contribution < 1.29 is 14.3 Å². The molecule has 0 saturated heterocycles. The zero-order chi connectivity index (χ0) is 21.3. The van der Waals surface area contributed by atoms with Crippen LogP contribution in [0.5, 0.6) is 5.75 Å². The molecule has 2 aromatic carbocycles. The number of ether oxygens (including phenoxy) is 1. The van der Waals surface area contributed by atoms with E-state index in [9.17, 15) is 9.59 Å². The lowest BCUT2D eigenvalue weighted by Crippen LogP contribution is -2.43. The van der Waals surface area contributed by atoms with E-state index in [2.05, 4.69) is 20.7 Å². The predicted molar refractivity (Wildman–Crippen MR) is 117 cm³/mol. The highest BCUT2D eigenvalue weighted by atomic mass is 32.1. The van der Waals surface area contributed by atoms with Gasteiger partial charge in [0.15, 0.2) is 0 Å². The molecule has 1 spiro atoms. The quantitative estimate of drug-likeness (QED) is 0.507. The van der Waals surface area contributed by atoms with Crippen LogP contribution < -0.4 is 15.4 Å². The number of amides is 2. The van der Waals surface area contributed by atoms with Gasteiger partial charge in [-0.05, 0) is 36.2 Å². The molecule has 1 atom stereocenters. The Morgan fingerprint density at radius 3 is 2.87 bits per heavy atom. The van der Waals surface area contributed by atoms with Crippen molar-refractivity contribution in [2.24, 2.45) is 0 Å². The maximum atomic E-state index is 13.3. The summed E-state index contributed by atoms with van der Waals surface area (Å²) in [4.78, 5) is 30.7. The monoisotopic (exact) mass is 431 g/mol. The van der Waals surface area contributed by atoms with Gasteiger partial charge in [-0.15, -0.1) is 0 Å². The summed E-state index contributed by atoms with van der Waals surface area (Å²) < 4.78 is 7.84. The van der Waals surface area contributed by atoms with Crippen molar-refractivity contribution in [1.29, 1.82) is 0 Å². The Morgan fingerprint density at radius 2 is 2.03 bits per heavy atom. The molecule has 4 heterocycles. The lowest BCUT2D eigenvalue weighted by molar-refractivity contribution is -0.125. The van der Waals surface area contributed by atoms with Gasteiger partial charge in [-0.1, -0.05) is 29.5 Å². The molecule has 9 heteroatoms. The molecule has 0 bridgehead atoms. The van der Waals surface area contributed by atoms with E-state index >= 15 is 0 Å². The highest BCUT2D eigenvalue weighted by Gasteiger charge is 2.54. The van der Waals surface area contributed by atoms with E-state index in [-0.39, 0.29) is 18.2 Å². The maximum Gasteiger partial charge on any atom is 0.240 e. The van der Waals surface area contributed by atoms with E-state index in [1.54, 1.807) is 18.0 Å². The molecule has 31 heavy (non-hydrogen) atoms. The van der Waals surface area contributed by atoms with E-state index in [1.807, 2.05) is 43.3 Å². The van der Waals surface area contributed by atoms with Crippen molar-refractivity contribution in [3.63, 3.8) is 0 Å². The number of benzene rings is 2. The molecule has 2 aliphatic heterocycles. The summed E-state index contributed by atoms with van der Waals surface area (Å²) in [7, 11) is 1.62. The number of aryl methyl sites for hydroxylation is 1. The number of aromatic nitrogens is 3. The second-order valence-electron chi connectivity index (χ2n) is 7.73. The normalized spacial score (nSPS) is 19.3. The van der Waals surface area contributed by atoms with Gasteiger partial charge in [0.1, 0.15) is 17.0 Å². The van der Waals surface area contributed by atoms with Gasteiger partial charge in [0.25, 0.3) is 0 Å². The van der Waals surface area contributed by atoms with Crippen molar-refractivity contribution in [2.75, 3.05) is 17.7 Å². The van der Waals surface area contributed by atoms with Crippen LogP contribution in [0.1, 0.15) is 23.1 Å². The van der Waals surface area contributed by atoms with Gasteiger partial charge < -0.3 is 15.4 Å². The molecule has 0 fully saturated rings. The van der Waals surface area contributed by atoms with Crippen LogP contribution in [0.4, 0.5) is 11.5 Å². The number of nitrogens with one attached hydrogen (secondary N) is 2. The number of hydrogen-bond acceptors (Lipinski definition) is 6. The predicted octanol–water partition coefficient (Wildman–Crippen LogP) is 3.38. The number of carbonyl (C=O) groups is 2. The number of fused-ring (bicyclic) bond motifs is 5. The minimum atomic E-state index is -1.10. The topological polar surface area (TPSA) is 98.1 Å². The Balaban J connectivity index is 1.56. The summed E-state index contributed by atoms with van der Waals surface area (Å²) in [5.41, 5.74) is 2.92. The zero-order valence-corrected chi connectivity index (χ0v) is 17.5. The fourth-order valence-corrected chi connectivity index (χ4v) is 5.48. The van der Waals surface area contributed by atoms with E-state index in [1.165, 1.54) is 11.3 Å². The van der Waals surface area contributed by atoms with Crippen LogP contribution >= 0.6 is 11.3 Å². The molecule has 2 amide bonds. The van der Waals surface area contributed by atoms with Crippen molar-refractivity contribution in [1.82, 2.24) is 14.8 Å². The van der Waals surface area contributed by atoms with Gasteiger partial charge >= 0.3 is 0 Å². The first-order chi connectivity index (χ1) is 15.0. The molecule has 6 rings (SSSR count). The average molecular weight is 431 g/mol. The van der Waals surface area contributed by atoms with Crippen LogP contribution in [0.3, 0.4) is 0 Å². The third-order valence-electron chi connectivity index (χ3n) is 6.04. The summed E-state index contributed by atoms with van der Waals surface area (Å²) in [6, 6.07) is 11.4. The standard InChI is InChI=1S/C22H17N5O3S/c1-11-4-3-5-13-18(11)26-20(29)22(13)9-17(28)25-19-14(22)10-23-27(19)21-24-15-7-6-12(30-2)8-16(15)31-21/h3-8,10H,9H2,1-2H3,(H,25,28)(H,26,29). The summed E-state index contributed by atoms with van der Waals surface area (Å²) in [5.74, 6) is 0.779. The molecule has 0 aliphatic carbocycles. The first-order valence-electron chi connectivity index (χ1n) is 9.76. The average Bonchev–Trinajstić information content (AvgIpc) is 3.43.